The van der Waals surface area contributed by atoms with Gasteiger partial charge in [0.2, 0.25) is 11.8 Å². The number of fused-ring (bicyclic) bond motifs is 3. The molecule has 3 aromatic carbocycles. The maximum Gasteiger partial charge on any atom is 0.408 e. The molecule has 12 heteroatoms. The summed E-state index contributed by atoms with van der Waals surface area (Å²) in [6, 6.07) is 23.9. The second-order valence-electron chi connectivity index (χ2n) is 18.0. The fourth-order valence-corrected chi connectivity index (χ4v) is 8.19. The summed E-state index contributed by atoms with van der Waals surface area (Å²) < 4.78 is 16.7. The first-order valence-corrected chi connectivity index (χ1v) is 22.2. The van der Waals surface area contributed by atoms with Crippen LogP contribution in [0.5, 0.6) is 0 Å². The Morgan fingerprint density at radius 2 is 1.45 bits per heavy atom. The Morgan fingerprint density at radius 1 is 0.806 bits per heavy atom. The van der Waals surface area contributed by atoms with Crippen molar-refractivity contribution >= 4 is 30.0 Å². The largest absolute Gasteiger partial charge is 0.461 e. The maximum absolute atomic E-state index is 14.4. The molecule has 0 saturated carbocycles. The number of unbranched alkanes of at least 4 members (excludes halogenated alkanes) is 1. The summed E-state index contributed by atoms with van der Waals surface area (Å²) in [4.78, 5) is 68.9. The van der Waals surface area contributed by atoms with Gasteiger partial charge in [0.1, 0.15) is 24.3 Å². The third-order valence-electron chi connectivity index (χ3n) is 10.9. The highest BCUT2D eigenvalue weighted by atomic mass is 16.6. The lowest BCUT2D eigenvalue weighted by Crippen LogP contribution is -2.52. The zero-order valence-electron chi connectivity index (χ0n) is 37.5. The van der Waals surface area contributed by atoms with Crippen molar-refractivity contribution in [3.05, 3.63) is 108 Å². The fourth-order valence-electron chi connectivity index (χ4n) is 8.19. The number of esters is 1. The van der Waals surface area contributed by atoms with Crippen LogP contribution in [0.4, 0.5) is 9.59 Å². The molecule has 334 valence electrons. The highest BCUT2D eigenvalue weighted by Crippen LogP contribution is 2.44. The number of hydrogen-bond donors (Lipinski definition) is 3. The molecule has 62 heavy (non-hydrogen) atoms. The molecule has 3 N–H and O–H groups in total. The van der Waals surface area contributed by atoms with Crippen LogP contribution in [-0.2, 0) is 35.0 Å². The lowest BCUT2D eigenvalue weighted by Gasteiger charge is -2.29. The highest BCUT2D eigenvalue weighted by Gasteiger charge is 2.38. The van der Waals surface area contributed by atoms with Crippen LogP contribution >= 0.6 is 0 Å². The second-order valence-corrected chi connectivity index (χ2v) is 18.0. The van der Waals surface area contributed by atoms with E-state index in [9.17, 15) is 24.0 Å². The third kappa shape index (κ3) is 13.9. The summed E-state index contributed by atoms with van der Waals surface area (Å²) in [7, 11) is 0. The minimum absolute atomic E-state index is 0.0445. The topological polar surface area (TPSA) is 152 Å². The van der Waals surface area contributed by atoms with E-state index in [1.165, 1.54) is 0 Å². The van der Waals surface area contributed by atoms with Gasteiger partial charge < -0.3 is 35.1 Å². The van der Waals surface area contributed by atoms with E-state index in [-0.39, 0.29) is 36.8 Å². The van der Waals surface area contributed by atoms with Crippen molar-refractivity contribution < 1.29 is 38.2 Å². The van der Waals surface area contributed by atoms with Crippen LogP contribution < -0.4 is 16.0 Å². The number of benzene rings is 3. The van der Waals surface area contributed by atoms with E-state index >= 15 is 0 Å². The van der Waals surface area contributed by atoms with E-state index in [1.807, 2.05) is 87.5 Å². The summed E-state index contributed by atoms with van der Waals surface area (Å²) in [5.74, 6) is -1.58. The fraction of sp³-hybridized carbons (Fsp3) is 0.500. The van der Waals surface area contributed by atoms with Gasteiger partial charge in [-0.15, -0.1) is 0 Å². The molecular weight excluding hydrogens is 785 g/mol. The van der Waals surface area contributed by atoms with Gasteiger partial charge in [-0.2, -0.15) is 0 Å². The van der Waals surface area contributed by atoms with Gasteiger partial charge >= 0.3 is 18.2 Å². The molecule has 1 aliphatic carbocycles. The number of rotatable bonds is 19. The van der Waals surface area contributed by atoms with Crippen LogP contribution in [0.15, 0.2) is 91.0 Å². The number of nitrogens with one attached hydrogen (secondary N) is 3. The zero-order chi connectivity index (χ0) is 44.8. The number of nitrogens with zero attached hydrogens (tertiary/aromatic N) is 1. The predicted molar refractivity (Wildman–Crippen MR) is 240 cm³/mol. The van der Waals surface area contributed by atoms with E-state index in [0.717, 1.165) is 27.8 Å². The minimum Gasteiger partial charge on any atom is -0.461 e. The van der Waals surface area contributed by atoms with E-state index in [2.05, 4.69) is 54.1 Å². The van der Waals surface area contributed by atoms with E-state index < -0.39 is 53.8 Å². The van der Waals surface area contributed by atoms with Crippen LogP contribution in [0, 0.1) is 11.8 Å². The summed E-state index contributed by atoms with van der Waals surface area (Å²) in [6.07, 6.45) is 5.70. The van der Waals surface area contributed by atoms with Crippen molar-refractivity contribution in [3.8, 4) is 11.1 Å². The van der Waals surface area contributed by atoms with Gasteiger partial charge in [-0.1, -0.05) is 105 Å². The molecular formula is C50H66N4O8. The van der Waals surface area contributed by atoms with Gasteiger partial charge in [0.25, 0.3) is 0 Å². The first-order valence-electron chi connectivity index (χ1n) is 22.2. The quantitative estimate of drug-likeness (QED) is 0.0470. The first kappa shape index (κ1) is 47.4. The van der Waals surface area contributed by atoms with Crippen LogP contribution in [0.2, 0.25) is 0 Å². The minimum atomic E-state index is -0.937. The Kier molecular flexibility index (Phi) is 17.2. The molecule has 2 aliphatic rings. The lowest BCUT2D eigenvalue weighted by molar-refractivity contribution is -0.152. The average Bonchev–Trinajstić information content (AvgIpc) is 3.83. The molecule has 4 amide bonds. The molecule has 0 spiro atoms. The van der Waals surface area contributed by atoms with Gasteiger partial charge in [0, 0.05) is 19.0 Å². The first-order chi connectivity index (χ1) is 29.6. The van der Waals surface area contributed by atoms with Crippen LogP contribution in [0.1, 0.15) is 110 Å². The summed E-state index contributed by atoms with van der Waals surface area (Å²) in [5.41, 5.74) is 4.88. The summed E-state index contributed by atoms with van der Waals surface area (Å²) in [5, 5.41) is 8.69. The number of carbonyl (C=O) groups excluding carboxylic acids is 5. The molecule has 4 atom stereocenters. The molecule has 0 radical (unpaired) electrons. The normalized spacial score (nSPS) is 16.3. The summed E-state index contributed by atoms with van der Waals surface area (Å²) in [6.45, 7) is 14.0. The third-order valence-corrected chi connectivity index (χ3v) is 10.9. The molecule has 0 bridgehead atoms. The van der Waals surface area contributed by atoms with E-state index in [1.54, 1.807) is 18.7 Å². The van der Waals surface area contributed by atoms with E-state index in [4.69, 9.17) is 14.2 Å². The van der Waals surface area contributed by atoms with Crippen molar-refractivity contribution in [3.63, 3.8) is 0 Å². The predicted octanol–water partition coefficient (Wildman–Crippen LogP) is 8.48. The summed E-state index contributed by atoms with van der Waals surface area (Å²) >= 11 is 0. The van der Waals surface area contributed by atoms with Crippen LogP contribution in [0.3, 0.4) is 0 Å². The number of amides is 4. The molecule has 3 aromatic rings. The molecule has 1 saturated heterocycles. The Morgan fingerprint density at radius 3 is 2.08 bits per heavy atom. The average molecular weight is 851 g/mol. The Bertz CT molecular complexity index is 1960. The Balaban J connectivity index is 1.18. The Labute approximate surface area is 367 Å². The van der Waals surface area contributed by atoms with Crippen molar-refractivity contribution in [1.29, 1.82) is 0 Å². The SMILES string of the molecule is CC(C)CC(/C=C/C(Cc1ccccc1)C(=O)N1CCC[C@H]1C(=O)NC(CCCCNC(=O)OCC1c2ccccc2-c2ccccc21)C(=O)OC(C)C)NC(=O)OC(C)(C)C. The number of carbonyl (C=O) groups is 5. The maximum atomic E-state index is 14.4. The van der Waals surface area contributed by atoms with Gasteiger partial charge in [-0.25, -0.2) is 14.4 Å². The van der Waals surface area contributed by atoms with Gasteiger partial charge in [-0.3, -0.25) is 9.59 Å². The highest BCUT2D eigenvalue weighted by molar-refractivity contribution is 5.92. The zero-order valence-corrected chi connectivity index (χ0v) is 37.5. The van der Waals surface area contributed by atoms with Gasteiger partial charge in [-0.05, 0) is 113 Å². The smallest absolute Gasteiger partial charge is 0.408 e. The molecule has 12 nitrogen and oxygen atoms in total. The molecule has 1 aliphatic heterocycles. The van der Waals surface area contributed by atoms with Gasteiger partial charge in [0.15, 0.2) is 0 Å². The Hall–Kier alpha value is -5.65. The molecule has 0 aromatic heterocycles. The second kappa shape index (κ2) is 22.4. The van der Waals surface area contributed by atoms with Gasteiger partial charge in [0.05, 0.1) is 18.1 Å². The number of likely N-dealkylation sites (tertiary alicyclic amines) is 1. The molecule has 1 fully saturated rings. The number of hydrogen-bond acceptors (Lipinski definition) is 8. The van der Waals surface area contributed by atoms with Crippen molar-refractivity contribution in [2.75, 3.05) is 19.7 Å². The van der Waals surface area contributed by atoms with Crippen molar-refractivity contribution in [1.82, 2.24) is 20.9 Å². The van der Waals surface area contributed by atoms with Crippen molar-refractivity contribution in [2.45, 2.75) is 129 Å². The standard InChI is InChI=1S/C50H66N4O8/c1-33(2)30-37(52-49(59)62-50(5,6)7)27-26-36(31-35-18-9-8-10-19-35)46(56)54-29-17-25-44(54)45(55)53-43(47(57)61-34(3)4)24-15-16-28-51-48(58)60-32-42-40-22-13-11-20-38(40)39-21-12-14-23-41(39)42/h8-14,18-23,26-27,33-34,36-37,42-44H,15-17,24-25,28-32H2,1-7H3,(H,51,58)(H,52,59)(H,53,55)/b27-26+/t36?,37?,43?,44-/m0/s1. The van der Waals surface area contributed by atoms with Crippen molar-refractivity contribution in [2.24, 2.45) is 11.8 Å². The van der Waals surface area contributed by atoms with Crippen LogP contribution in [0.25, 0.3) is 11.1 Å². The molecule has 5 rings (SSSR count). The molecule has 1 heterocycles. The lowest BCUT2D eigenvalue weighted by atomic mass is 9.95. The monoisotopic (exact) mass is 850 g/mol. The number of alkyl carbamates (subject to hydrolysis) is 2. The van der Waals surface area contributed by atoms with E-state index in [0.29, 0.717) is 51.6 Å². The molecule has 3 unspecified atom stereocenters. The van der Waals surface area contributed by atoms with Crippen LogP contribution in [-0.4, -0.2) is 84.4 Å². The number of ether oxygens (including phenoxy) is 3.